The standard InChI is InChI=1S/C16H25NO2/c1-16(2,13-9-5-3-6-10-13)19-15(18)17-14-11-7-4-8-12-14/h7,11-13H,3-6,8-10H2,1-2H3,(H,17,18). The second kappa shape index (κ2) is 6.27. The first-order chi connectivity index (χ1) is 9.08. The molecule has 2 aliphatic rings. The van der Waals surface area contributed by atoms with E-state index in [4.69, 9.17) is 4.74 Å². The van der Waals surface area contributed by atoms with Gasteiger partial charge in [0.1, 0.15) is 5.60 Å². The largest absolute Gasteiger partial charge is 0.443 e. The summed E-state index contributed by atoms with van der Waals surface area (Å²) in [5.41, 5.74) is 0.486. The lowest BCUT2D eigenvalue weighted by Crippen LogP contribution is -2.40. The molecule has 0 aromatic carbocycles. The lowest BCUT2D eigenvalue weighted by molar-refractivity contribution is -0.0172. The molecule has 0 spiro atoms. The molecule has 1 saturated carbocycles. The summed E-state index contributed by atoms with van der Waals surface area (Å²) in [6.07, 6.45) is 13.9. The summed E-state index contributed by atoms with van der Waals surface area (Å²) in [6, 6.07) is 0. The van der Waals surface area contributed by atoms with Crippen molar-refractivity contribution in [3.8, 4) is 0 Å². The molecule has 0 atom stereocenters. The highest BCUT2D eigenvalue weighted by Crippen LogP contribution is 2.34. The predicted octanol–water partition coefficient (Wildman–Crippen LogP) is 4.31. The fourth-order valence-electron chi connectivity index (χ4n) is 2.97. The number of nitrogens with one attached hydrogen (secondary N) is 1. The van der Waals surface area contributed by atoms with Gasteiger partial charge in [-0.3, -0.25) is 5.32 Å². The van der Waals surface area contributed by atoms with Crippen molar-refractivity contribution >= 4 is 6.09 Å². The molecule has 1 fully saturated rings. The van der Waals surface area contributed by atoms with Crippen LogP contribution in [0.25, 0.3) is 0 Å². The normalized spacial score (nSPS) is 20.8. The molecule has 0 unspecified atom stereocenters. The van der Waals surface area contributed by atoms with Crippen molar-refractivity contribution in [2.24, 2.45) is 5.92 Å². The van der Waals surface area contributed by atoms with Crippen LogP contribution >= 0.6 is 0 Å². The van der Waals surface area contributed by atoms with Gasteiger partial charge in [0.25, 0.3) is 0 Å². The van der Waals surface area contributed by atoms with Crippen LogP contribution in [0.5, 0.6) is 0 Å². The zero-order valence-corrected chi connectivity index (χ0v) is 12.1. The van der Waals surface area contributed by atoms with Crippen LogP contribution < -0.4 is 5.32 Å². The molecule has 1 N–H and O–H groups in total. The Labute approximate surface area is 116 Å². The molecule has 3 heteroatoms. The molecule has 2 rings (SSSR count). The fraction of sp³-hybridized carbons (Fsp3) is 0.688. The van der Waals surface area contributed by atoms with Gasteiger partial charge in [-0.25, -0.2) is 4.79 Å². The Morgan fingerprint density at radius 1 is 1.26 bits per heavy atom. The van der Waals surface area contributed by atoms with Crippen LogP contribution in [-0.2, 0) is 4.74 Å². The quantitative estimate of drug-likeness (QED) is 0.824. The van der Waals surface area contributed by atoms with Crippen molar-refractivity contribution in [3.63, 3.8) is 0 Å². The van der Waals surface area contributed by atoms with E-state index in [0.717, 1.165) is 18.5 Å². The van der Waals surface area contributed by atoms with Crippen molar-refractivity contribution in [2.45, 2.75) is 64.4 Å². The minimum Gasteiger partial charge on any atom is -0.443 e. The summed E-state index contributed by atoms with van der Waals surface area (Å²) in [5, 5.41) is 2.83. The SMILES string of the molecule is CC(C)(OC(=O)NC1=CCCC=C1)C1CCCCC1. The number of carbonyl (C=O) groups is 1. The summed E-state index contributed by atoms with van der Waals surface area (Å²) in [5.74, 6) is 0.489. The summed E-state index contributed by atoms with van der Waals surface area (Å²) >= 11 is 0. The smallest absolute Gasteiger partial charge is 0.412 e. The minimum absolute atomic E-state index is 0.326. The number of rotatable bonds is 3. The van der Waals surface area contributed by atoms with E-state index in [0.29, 0.717) is 5.92 Å². The second-order valence-corrected chi connectivity index (χ2v) is 6.09. The lowest BCUT2D eigenvalue weighted by Gasteiger charge is -2.36. The van der Waals surface area contributed by atoms with E-state index in [1.807, 2.05) is 26.0 Å². The van der Waals surface area contributed by atoms with Crippen molar-refractivity contribution in [2.75, 3.05) is 0 Å². The predicted molar refractivity (Wildman–Crippen MR) is 76.7 cm³/mol. The molecule has 0 aromatic rings. The molecular weight excluding hydrogens is 238 g/mol. The Balaban J connectivity index is 1.86. The summed E-state index contributed by atoms with van der Waals surface area (Å²) in [7, 11) is 0. The zero-order chi connectivity index (χ0) is 13.7. The van der Waals surface area contributed by atoms with E-state index in [9.17, 15) is 4.79 Å². The minimum atomic E-state index is -0.372. The molecule has 0 aromatic heterocycles. The van der Waals surface area contributed by atoms with Gasteiger partial charge in [0.15, 0.2) is 0 Å². The van der Waals surface area contributed by atoms with Gasteiger partial charge in [-0.1, -0.05) is 31.4 Å². The third-order valence-electron chi connectivity index (χ3n) is 4.19. The number of hydrogen-bond acceptors (Lipinski definition) is 2. The van der Waals surface area contributed by atoms with Crippen LogP contribution in [0.2, 0.25) is 0 Å². The van der Waals surface area contributed by atoms with Crippen molar-refractivity contribution in [3.05, 3.63) is 23.9 Å². The molecule has 0 saturated heterocycles. The van der Waals surface area contributed by atoms with Gasteiger partial charge >= 0.3 is 6.09 Å². The third-order valence-corrected chi connectivity index (χ3v) is 4.19. The number of amides is 1. The highest BCUT2D eigenvalue weighted by atomic mass is 16.6. The van der Waals surface area contributed by atoms with Crippen LogP contribution in [0.3, 0.4) is 0 Å². The number of ether oxygens (including phenoxy) is 1. The van der Waals surface area contributed by atoms with Crippen molar-refractivity contribution in [1.29, 1.82) is 0 Å². The van der Waals surface area contributed by atoms with Gasteiger partial charge in [0.2, 0.25) is 0 Å². The Hall–Kier alpha value is -1.25. The highest BCUT2D eigenvalue weighted by molar-refractivity contribution is 5.70. The van der Waals surface area contributed by atoms with Crippen LogP contribution in [-0.4, -0.2) is 11.7 Å². The molecule has 3 nitrogen and oxygen atoms in total. The molecule has 19 heavy (non-hydrogen) atoms. The Bertz CT molecular complexity index is 376. The number of alkyl carbamates (subject to hydrolysis) is 1. The first-order valence-electron chi connectivity index (χ1n) is 7.44. The topological polar surface area (TPSA) is 38.3 Å². The maximum absolute atomic E-state index is 12.0. The van der Waals surface area contributed by atoms with Gasteiger partial charge in [0.05, 0.1) is 0 Å². The Morgan fingerprint density at radius 3 is 2.63 bits per heavy atom. The van der Waals surface area contributed by atoms with Crippen LogP contribution in [0, 0.1) is 5.92 Å². The summed E-state index contributed by atoms with van der Waals surface area (Å²) in [4.78, 5) is 12.0. The van der Waals surface area contributed by atoms with Gasteiger partial charge in [-0.15, -0.1) is 0 Å². The van der Waals surface area contributed by atoms with Gasteiger partial charge < -0.3 is 4.74 Å². The fourth-order valence-corrected chi connectivity index (χ4v) is 2.97. The van der Waals surface area contributed by atoms with E-state index in [2.05, 4.69) is 11.4 Å². The maximum atomic E-state index is 12.0. The van der Waals surface area contributed by atoms with E-state index in [1.165, 1.54) is 32.1 Å². The third kappa shape index (κ3) is 4.12. The number of hydrogen-bond donors (Lipinski definition) is 1. The molecule has 0 heterocycles. The monoisotopic (exact) mass is 263 g/mol. The molecule has 0 bridgehead atoms. The Kier molecular flexibility index (Phi) is 4.67. The van der Waals surface area contributed by atoms with E-state index in [-0.39, 0.29) is 11.7 Å². The maximum Gasteiger partial charge on any atom is 0.412 e. The second-order valence-electron chi connectivity index (χ2n) is 6.09. The molecule has 0 aliphatic heterocycles. The number of carbonyl (C=O) groups excluding carboxylic acids is 1. The van der Waals surface area contributed by atoms with Gasteiger partial charge in [-0.2, -0.15) is 0 Å². The Morgan fingerprint density at radius 2 is 2.00 bits per heavy atom. The first kappa shape index (κ1) is 14.2. The molecule has 2 aliphatic carbocycles. The van der Waals surface area contributed by atoms with E-state index < -0.39 is 0 Å². The van der Waals surface area contributed by atoms with Crippen LogP contribution in [0.1, 0.15) is 58.8 Å². The molecule has 106 valence electrons. The lowest BCUT2D eigenvalue weighted by atomic mass is 9.79. The average molecular weight is 263 g/mol. The average Bonchev–Trinajstić information content (AvgIpc) is 2.40. The molecule has 0 radical (unpaired) electrons. The van der Waals surface area contributed by atoms with Crippen molar-refractivity contribution in [1.82, 2.24) is 5.32 Å². The highest BCUT2D eigenvalue weighted by Gasteiger charge is 2.34. The number of allylic oxidation sites excluding steroid dienone is 3. The van der Waals surface area contributed by atoms with Crippen molar-refractivity contribution < 1.29 is 9.53 Å². The summed E-state index contributed by atoms with van der Waals surface area (Å²) in [6.45, 7) is 4.07. The van der Waals surface area contributed by atoms with Crippen LogP contribution in [0.4, 0.5) is 4.79 Å². The van der Waals surface area contributed by atoms with Gasteiger partial charge in [0, 0.05) is 5.70 Å². The summed E-state index contributed by atoms with van der Waals surface area (Å²) < 4.78 is 5.66. The van der Waals surface area contributed by atoms with E-state index >= 15 is 0 Å². The molecular formula is C16H25NO2. The van der Waals surface area contributed by atoms with E-state index in [1.54, 1.807) is 0 Å². The van der Waals surface area contributed by atoms with Crippen LogP contribution in [0.15, 0.2) is 23.9 Å². The first-order valence-corrected chi connectivity index (χ1v) is 7.44. The van der Waals surface area contributed by atoms with Gasteiger partial charge in [-0.05, 0) is 51.5 Å². The molecule has 1 amide bonds. The zero-order valence-electron chi connectivity index (χ0n) is 12.1.